The zero-order valence-electron chi connectivity index (χ0n) is 7.53. The Labute approximate surface area is 77.3 Å². The van der Waals surface area contributed by atoms with Gasteiger partial charge in [-0.15, -0.1) is 0 Å². The Morgan fingerprint density at radius 1 is 1.69 bits per heavy atom. The zero-order valence-corrected chi connectivity index (χ0v) is 7.53. The van der Waals surface area contributed by atoms with Gasteiger partial charge in [0.25, 0.3) is 0 Å². The van der Waals surface area contributed by atoms with E-state index in [1.807, 2.05) is 0 Å². The van der Waals surface area contributed by atoms with Crippen molar-refractivity contribution in [2.75, 3.05) is 19.6 Å². The summed E-state index contributed by atoms with van der Waals surface area (Å²) in [6.45, 7) is 1.59. The predicted octanol–water partition coefficient (Wildman–Crippen LogP) is -1.32. The quantitative estimate of drug-likeness (QED) is 0.533. The summed E-state index contributed by atoms with van der Waals surface area (Å²) in [6.07, 6.45) is 2.40. The fourth-order valence-electron chi connectivity index (χ4n) is 1.51. The lowest BCUT2D eigenvalue weighted by atomic mass is 10.2. The van der Waals surface area contributed by atoms with Gasteiger partial charge < -0.3 is 16.0 Å². The maximum absolute atomic E-state index is 11.4. The number of carbonyl (C=O) groups excluding carboxylic acids is 2. The molecule has 1 atom stereocenters. The van der Waals surface area contributed by atoms with Crippen LogP contribution in [-0.2, 0) is 9.59 Å². The molecule has 0 aliphatic carbocycles. The van der Waals surface area contributed by atoms with E-state index in [2.05, 4.69) is 5.32 Å². The monoisotopic (exact) mass is 185 g/mol. The van der Waals surface area contributed by atoms with Gasteiger partial charge in [0.2, 0.25) is 12.3 Å². The number of nitrogens with one attached hydrogen (secondary N) is 1. The average Bonchev–Trinajstić information content (AvgIpc) is 2.61. The third-order valence-corrected chi connectivity index (χ3v) is 2.18. The second kappa shape index (κ2) is 4.81. The number of amides is 2. The van der Waals surface area contributed by atoms with Crippen molar-refractivity contribution in [2.24, 2.45) is 5.73 Å². The van der Waals surface area contributed by atoms with Crippen molar-refractivity contribution in [2.45, 2.75) is 18.9 Å². The van der Waals surface area contributed by atoms with E-state index in [9.17, 15) is 9.59 Å². The Bertz CT molecular complexity index is 196. The minimum absolute atomic E-state index is 0.0879. The summed E-state index contributed by atoms with van der Waals surface area (Å²) in [5.41, 5.74) is 5.24. The molecule has 5 nitrogen and oxygen atoms in total. The van der Waals surface area contributed by atoms with Gasteiger partial charge in [-0.2, -0.15) is 0 Å². The molecule has 0 aromatic carbocycles. The first-order valence-corrected chi connectivity index (χ1v) is 4.48. The zero-order chi connectivity index (χ0) is 9.68. The summed E-state index contributed by atoms with van der Waals surface area (Å²) in [5, 5.41) is 2.67. The van der Waals surface area contributed by atoms with Gasteiger partial charge in [0.05, 0.1) is 0 Å². The van der Waals surface area contributed by atoms with Crippen LogP contribution >= 0.6 is 0 Å². The van der Waals surface area contributed by atoms with E-state index in [1.54, 1.807) is 0 Å². The van der Waals surface area contributed by atoms with Crippen LogP contribution in [0.5, 0.6) is 0 Å². The smallest absolute Gasteiger partial charge is 0.242 e. The van der Waals surface area contributed by atoms with Gasteiger partial charge >= 0.3 is 0 Å². The summed E-state index contributed by atoms with van der Waals surface area (Å²) in [5.74, 6) is -0.0879. The Morgan fingerprint density at radius 2 is 2.46 bits per heavy atom. The molecule has 1 saturated heterocycles. The Balaban J connectivity index is 2.40. The van der Waals surface area contributed by atoms with Crippen LogP contribution in [0.3, 0.4) is 0 Å². The topological polar surface area (TPSA) is 75.4 Å². The van der Waals surface area contributed by atoms with Crippen molar-refractivity contribution < 1.29 is 9.59 Å². The Morgan fingerprint density at radius 3 is 3.08 bits per heavy atom. The molecule has 0 aromatic heterocycles. The lowest BCUT2D eigenvalue weighted by Crippen LogP contribution is -2.43. The minimum atomic E-state index is -0.274. The van der Waals surface area contributed by atoms with Crippen molar-refractivity contribution in [3.63, 3.8) is 0 Å². The molecule has 0 aromatic rings. The SMILES string of the molecule is NCCNC(=O)C1CCCN1C=O. The fourth-order valence-corrected chi connectivity index (χ4v) is 1.51. The minimum Gasteiger partial charge on any atom is -0.353 e. The maximum atomic E-state index is 11.4. The van der Waals surface area contributed by atoms with Crippen molar-refractivity contribution in [1.29, 1.82) is 0 Å². The van der Waals surface area contributed by atoms with Crippen LogP contribution < -0.4 is 11.1 Å². The van der Waals surface area contributed by atoms with E-state index in [1.165, 1.54) is 4.90 Å². The normalized spacial score (nSPS) is 21.6. The number of carbonyl (C=O) groups is 2. The predicted molar refractivity (Wildman–Crippen MR) is 47.9 cm³/mol. The van der Waals surface area contributed by atoms with E-state index in [-0.39, 0.29) is 11.9 Å². The molecule has 1 aliphatic heterocycles. The van der Waals surface area contributed by atoms with Gasteiger partial charge in [-0.25, -0.2) is 0 Å². The van der Waals surface area contributed by atoms with Crippen molar-refractivity contribution in [3.8, 4) is 0 Å². The molecule has 3 N–H and O–H groups in total. The molecule has 0 radical (unpaired) electrons. The second-order valence-corrected chi connectivity index (χ2v) is 3.08. The summed E-state index contributed by atoms with van der Waals surface area (Å²) in [6, 6.07) is -0.274. The van der Waals surface area contributed by atoms with E-state index in [4.69, 9.17) is 5.73 Å². The average molecular weight is 185 g/mol. The van der Waals surface area contributed by atoms with Crippen LogP contribution in [0.2, 0.25) is 0 Å². The lowest BCUT2D eigenvalue weighted by molar-refractivity contribution is -0.131. The lowest BCUT2D eigenvalue weighted by Gasteiger charge is -2.18. The third kappa shape index (κ3) is 2.42. The summed E-state index contributed by atoms with van der Waals surface area (Å²) >= 11 is 0. The first-order valence-electron chi connectivity index (χ1n) is 4.48. The highest BCUT2D eigenvalue weighted by molar-refractivity contribution is 5.84. The molecule has 2 amide bonds. The summed E-state index contributed by atoms with van der Waals surface area (Å²) in [4.78, 5) is 23.5. The molecule has 0 bridgehead atoms. The maximum Gasteiger partial charge on any atom is 0.242 e. The van der Waals surface area contributed by atoms with Crippen LogP contribution in [0, 0.1) is 0 Å². The molecule has 1 heterocycles. The standard InChI is InChI=1S/C8H15N3O2/c9-3-4-10-8(13)7-2-1-5-11(7)6-12/h6-7H,1-5,9H2,(H,10,13). The molecule has 1 aliphatic rings. The highest BCUT2D eigenvalue weighted by Crippen LogP contribution is 2.14. The summed E-state index contributed by atoms with van der Waals surface area (Å²) in [7, 11) is 0. The molecule has 0 saturated carbocycles. The molecule has 13 heavy (non-hydrogen) atoms. The molecular formula is C8H15N3O2. The molecule has 5 heteroatoms. The van der Waals surface area contributed by atoms with E-state index in [0.717, 1.165) is 19.3 Å². The summed E-state index contributed by atoms with van der Waals surface area (Å²) < 4.78 is 0. The van der Waals surface area contributed by atoms with Crippen LogP contribution in [0.15, 0.2) is 0 Å². The Kier molecular flexibility index (Phi) is 3.70. The fraction of sp³-hybridized carbons (Fsp3) is 0.750. The van der Waals surface area contributed by atoms with Gasteiger partial charge in [0.15, 0.2) is 0 Å². The highest BCUT2D eigenvalue weighted by Gasteiger charge is 2.28. The number of hydrogen-bond acceptors (Lipinski definition) is 3. The number of nitrogens with zero attached hydrogens (tertiary/aromatic N) is 1. The molecular weight excluding hydrogens is 170 g/mol. The van der Waals surface area contributed by atoms with Crippen LogP contribution in [0.1, 0.15) is 12.8 Å². The van der Waals surface area contributed by atoms with Crippen molar-refractivity contribution in [3.05, 3.63) is 0 Å². The van der Waals surface area contributed by atoms with E-state index in [0.29, 0.717) is 19.6 Å². The molecule has 74 valence electrons. The van der Waals surface area contributed by atoms with Crippen LogP contribution in [-0.4, -0.2) is 42.9 Å². The number of nitrogens with two attached hydrogens (primary N) is 1. The van der Waals surface area contributed by atoms with E-state index < -0.39 is 0 Å². The van der Waals surface area contributed by atoms with Crippen molar-refractivity contribution >= 4 is 12.3 Å². The van der Waals surface area contributed by atoms with Gasteiger partial charge in [-0.1, -0.05) is 0 Å². The van der Waals surface area contributed by atoms with E-state index >= 15 is 0 Å². The van der Waals surface area contributed by atoms with Crippen LogP contribution in [0.4, 0.5) is 0 Å². The number of likely N-dealkylation sites (tertiary alicyclic amines) is 1. The van der Waals surface area contributed by atoms with Gasteiger partial charge in [0, 0.05) is 19.6 Å². The first-order chi connectivity index (χ1) is 6.29. The van der Waals surface area contributed by atoms with Gasteiger partial charge in [-0.05, 0) is 12.8 Å². The number of rotatable bonds is 4. The molecule has 1 unspecified atom stereocenters. The molecule has 0 spiro atoms. The molecule has 1 rings (SSSR count). The third-order valence-electron chi connectivity index (χ3n) is 2.18. The van der Waals surface area contributed by atoms with Crippen molar-refractivity contribution in [1.82, 2.24) is 10.2 Å². The number of hydrogen-bond donors (Lipinski definition) is 2. The Hall–Kier alpha value is -1.10. The second-order valence-electron chi connectivity index (χ2n) is 3.08. The van der Waals surface area contributed by atoms with Gasteiger partial charge in [-0.3, -0.25) is 9.59 Å². The van der Waals surface area contributed by atoms with Gasteiger partial charge in [0.1, 0.15) is 6.04 Å². The first kappa shape index (κ1) is 9.98. The van der Waals surface area contributed by atoms with Crippen LogP contribution in [0.25, 0.3) is 0 Å². The molecule has 1 fully saturated rings. The largest absolute Gasteiger partial charge is 0.353 e. The highest BCUT2D eigenvalue weighted by atomic mass is 16.2.